The molecule has 0 unspecified atom stereocenters. The average molecular weight is 534 g/mol. The lowest BCUT2D eigenvalue weighted by Gasteiger charge is -2.12. The van der Waals surface area contributed by atoms with E-state index >= 15 is 0 Å². The van der Waals surface area contributed by atoms with Gasteiger partial charge in [-0.2, -0.15) is 5.10 Å². The Hall–Kier alpha value is -5.45. The summed E-state index contributed by atoms with van der Waals surface area (Å²) in [5.41, 5.74) is 11.5. The van der Waals surface area contributed by atoms with Crippen LogP contribution in [-0.4, -0.2) is 49.4 Å². The third-order valence-corrected chi connectivity index (χ3v) is 6.88. The topological polar surface area (TPSA) is 138 Å². The molecule has 0 atom stereocenters. The molecule has 6 aromatic rings. The molecule has 0 aliphatic rings. The van der Waals surface area contributed by atoms with Gasteiger partial charge in [0.2, 0.25) is 5.91 Å². The molecule has 6 rings (SSSR count). The number of anilines is 3. The molecular weight excluding hydrogens is 506 g/mol. The summed E-state index contributed by atoms with van der Waals surface area (Å²) < 4.78 is 9.40. The van der Waals surface area contributed by atoms with Gasteiger partial charge in [-0.1, -0.05) is 24.3 Å². The number of para-hydroxylation sites is 1. The molecule has 40 heavy (non-hydrogen) atoms. The molecule has 0 spiro atoms. The van der Waals surface area contributed by atoms with Crippen molar-refractivity contribution in [3.63, 3.8) is 0 Å². The fourth-order valence-corrected chi connectivity index (χ4v) is 4.86. The molecule has 4 heterocycles. The van der Waals surface area contributed by atoms with Crippen molar-refractivity contribution in [2.45, 2.75) is 6.42 Å². The highest BCUT2D eigenvalue weighted by atomic mass is 16.5. The summed E-state index contributed by atoms with van der Waals surface area (Å²) in [6.07, 6.45) is 3.33. The van der Waals surface area contributed by atoms with Crippen LogP contribution >= 0.6 is 0 Å². The van der Waals surface area contributed by atoms with Gasteiger partial charge in [0.15, 0.2) is 5.65 Å². The van der Waals surface area contributed by atoms with E-state index in [0.29, 0.717) is 39.8 Å². The van der Waals surface area contributed by atoms with Crippen LogP contribution in [0.5, 0.6) is 5.75 Å². The minimum absolute atomic E-state index is 0.151. The maximum atomic E-state index is 13.0. The number of nitrogens with zero attached hydrogens (tertiary/aromatic N) is 6. The van der Waals surface area contributed by atoms with E-state index in [0.717, 1.165) is 27.8 Å². The van der Waals surface area contributed by atoms with Crippen LogP contribution in [0.1, 0.15) is 5.69 Å². The van der Waals surface area contributed by atoms with E-state index in [4.69, 9.17) is 15.6 Å². The number of rotatable bonds is 7. The molecule has 0 saturated carbocycles. The van der Waals surface area contributed by atoms with Gasteiger partial charge < -0.3 is 25.7 Å². The standard InChI is InChI=1S/C29H27N9O2/c1-31-24-14-19(10-11-32-24)38-29-26(28(30)33-16-34-29)27(36-38)18-8-9-21(23(13-18)40-3)35-25(39)15-20-12-17-6-4-5-7-22(17)37(20)2/h4-14,16H,15H2,1-3H3,(H,31,32)(H,35,39)(H2,30,33,34). The zero-order valence-corrected chi connectivity index (χ0v) is 22.2. The summed E-state index contributed by atoms with van der Waals surface area (Å²) in [4.78, 5) is 26.0. The number of nitrogens with two attached hydrogens (primary N) is 1. The second-order valence-corrected chi connectivity index (χ2v) is 9.26. The van der Waals surface area contributed by atoms with Gasteiger partial charge in [0.05, 0.1) is 30.3 Å². The molecule has 0 fully saturated rings. The Bertz CT molecular complexity index is 1890. The number of ether oxygens (including phenoxy) is 1. The first-order valence-electron chi connectivity index (χ1n) is 12.6. The highest BCUT2D eigenvalue weighted by Crippen LogP contribution is 2.36. The van der Waals surface area contributed by atoms with Crippen molar-refractivity contribution in [2.24, 2.45) is 7.05 Å². The number of benzene rings is 2. The summed E-state index contributed by atoms with van der Waals surface area (Å²) in [5, 5.41) is 12.6. The van der Waals surface area contributed by atoms with Crippen molar-refractivity contribution in [3.8, 4) is 22.7 Å². The Kier molecular flexibility index (Phi) is 6.23. The zero-order valence-electron chi connectivity index (χ0n) is 22.2. The van der Waals surface area contributed by atoms with Gasteiger partial charge in [0, 0.05) is 43.1 Å². The van der Waals surface area contributed by atoms with Crippen LogP contribution in [-0.2, 0) is 18.3 Å². The first-order valence-corrected chi connectivity index (χ1v) is 12.6. The van der Waals surface area contributed by atoms with E-state index in [1.165, 1.54) is 6.33 Å². The molecule has 11 heteroatoms. The summed E-state index contributed by atoms with van der Waals surface area (Å²) in [6.45, 7) is 0. The Morgan fingerprint density at radius 2 is 1.90 bits per heavy atom. The van der Waals surface area contributed by atoms with Crippen LogP contribution in [0.15, 0.2) is 73.2 Å². The van der Waals surface area contributed by atoms with Gasteiger partial charge in [0.1, 0.15) is 29.4 Å². The number of methoxy groups -OCH3 is 1. The van der Waals surface area contributed by atoms with Crippen molar-refractivity contribution < 1.29 is 9.53 Å². The number of hydrogen-bond donors (Lipinski definition) is 3. The van der Waals surface area contributed by atoms with Crippen molar-refractivity contribution in [3.05, 3.63) is 78.9 Å². The van der Waals surface area contributed by atoms with Gasteiger partial charge in [-0.3, -0.25) is 4.79 Å². The quantitative estimate of drug-likeness (QED) is 0.278. The van der Waals surface area contributed by atoms with Crippen molar-refractivity contribution in [1.29, 1.82) is 0 Å². The number of carbonyl (C=O) groups excluding carboxylic acids is 1. The van der Waals surface area contributed by atoms with Crippen molar-refractivity contribution in [2.75, 3.05) is 30.5 Å². The van der Waals surface area contributed by atoms with Crippen LogP contribution in [0.25, 0.3) is 38.9 Å². The van der Waals surface area contributed by atoms with Gasteiger partial charge in [-0.25, -0.2) is 19.6 Å². The van der Waals surface area contributed by atoms with E-state index in [1.807, 2.05) is 66.2 Å². The van der Waals surface area contributed by atoms with Crippen LogP contribution < -0.4 is 21.1 Å². The Morgan fingerprint density at radius 1 is 1.05 bits per heavy atom. The van der Waals surface area contributed by atoms with Gasteiger partial charge in [0.25, 0.3) is 0 Å². The number of fused-ring (bicyclic) bond motifs is 2. The van der Waals surface area contributed by atoms with Crippen molar-refractivity contribution in [1.82, 2.24) is 29.3 Å². The SMILES string of the molecule is CNc1cc(-n2nc(-c3ccc(NC(=O)Cc4cc5ccccc5n4C)c(OC)c3)c3c(N)ncnc32)ccn1. The molecule has 200 valence electrons. The molecule has 0 radical (unpaired) electrons. The van der Waals surface area contributed by atoms with Gasteiger partial charge in [-0.15, -0.1) is 0 Å². The second-order valence-electron chi connectivity index (χ2n) is 9.26. The number of aromatic nitrogens is 6. The predicted molar refractivity (Wildman–Crippen MR) is 156 cm³/mol. The smallest absolute Gasteiger partial charge is 0.230 e. The third-order valence-electron chi connectivity index (χ3n) is 6.88. The number of carbonyl (C=O) groups is 1. The molecule has 0 saturated heterocycles. The number of aryl methyl sites for hydroxylation is 1. The lowest BCUT2D eigenvalue weighted by molar-refractivity contribution is -0.115. The zero-order chi connectivity index (χ0) is 27.8. The lowest BCUT2D eigenvalue weighted by Crippen LogP contribution is -2.16. The number of nitrogens with one attached hydrogen (secondary N) is 2. The van der Waals surface area contributed by atoms with Gasteiger partial charge >= 0.3 is 0 Å². The van der Waals surface area contributed by atoms with Crippen LogP contribution in [0.4, 0.5) is 17.3 Å². The summed E-state index contributed by atoms with van der Waals surface area (Å²) in [7, 11) is 5.32. The third kappa shape index (κ3) is 4.33. The van der Waals surface area contributed by atoms with Crippen LogP contribution in [0.3, 0.4) is 0 Å². The summed E-state index contributed by atoms with van der Waals surface area (Å²) >= 11 is 0. The van der Waals surface area contributed by atoms with E-state index in [9.17, 15) is 4.79 Å². The highest BCUT2D eigenvalue weighted by Gasteiger charge is 2.20. The first kappa shape index (κ1) is 24.9. The monoisotopic (exact) mass is 533 g/mol. The molecule has 0 aliphatic carbocycles. The number of nitrogen functional groups attached to an aromatic ring is 1. The fourth-order valence-electron chi connectivity index (χ4n) is 4.86. The Balaban J connectivity index is 1.34. The number of hydrogen-bond acceptors (Lipinski definition) is 8. The van der Waals surface area contributed by atoms with Gasteiger partial charge in [-0.05, 0) is 35.7 Å². The molecule has 4 N–H and O–H groups in total. The largest absolute Gasteiger partial charge is 0.495 e. The van der Waals surface area contributed by atoms with E-state index in [-0.39, 0.29) is 12.3 Å². The molecule has 0 aliphatic heterocycles. The molecule has 2 aromatic carbocycles. The minimum Gasteiger partial charge on any atom is -0.495 e. The molecular formula is C29H27N9O2. The number of pyridine rings is 1. The van der Waals surface area contributed by atoms with E-state index in [2.05, 4.69) is 25.6 Å². The predicted octanol–water partition coefficient (Wildman–Crippen LogP) is 4.18. The normalized spacial score (nSPS) is 11.2. The first-order chi connectivity index (χ1) is 19.5. The van der Waals surface area contributed by atoms with E-state index in [1.54, 1.807) is 31.1 Å². The molecule has 4 aromatic heterocycles. The van der Waals surface area contributed by atoms with E-state index < -0.39 is 0 Å². The molecule has 0 bridgehead atoms. The van der Waals surface area contributed by atoms with Crippen molar-refractivity contribution >= 4 is 45.2 Å². The summed E-state index contributed by atoms with van der Waals surface area (Å²) in [5.74, 6) is 1.33. The fraction of sp³-hybridized carbons (Fsp3) is 0.138. The minimum atomic E-state index is -0.151. The lowest BCUT2D eigenvalue weighted by atomic mass is 10.1. The maximum Gasteiger partial charge on any atom is 0.230 e. The molecule has 1 amide bonds. The highest BCUT2D eigenvalue weighted by molar-refractivity contribution is 6.00. The maximum absolute atomic E-state index is 13.0. The summed E-state index contributed by atoms with van der Waals surface area (Å²) in [6, 6.07) is 19.3. The molecule has 11 nitrogen and oxygen atoms in total. The van der Waals surface area contributed by atoms with Crippen LogP contribution in [0, 0.1) is 0 Å². The Labute approximate surface area is 229 Å². The number of amides is 1. The second kappa shape index (κ2) is 10.0. The average Bonchev–Trinajstić information content (AvgIpc) is 3.52. The Morgan fingerprint density at radius 3 is 2.70 bits per heavy atom. The van der Waals surface area contributed by atoms with Crippen LogP contribution in [0.2, 0.25) is 0 Å².